The van der Waals surface area contributed by atoms with E-state index in [1.807, 2.05) is 6.92 Å². The quantitative estimate of drug-likeness (QED) is 0.704. The summed E-state index contributed by atoms with van der Waals surface area (Å²) in [4.78, 5) is 12.9. The molecule has 1 heterocycles. The van der Waals surface area contributed by atoms with Crippen LogP contribution in [0.25, 0.3) is 0 Å². The lowest BCUT2D eigenvalue weighted by Gasteiger charge is -2.20. The monoisotopic (exact) mass is 278 g/mol. The maximum Gasteiger partial charge on any atom is 0.237 e. The third-order valence-corrected chi connectivity index (χ3v) is 4.92. The molecule has 0 aromatic carbocycles. The van der Waals surface area contributed by atoms with Crippen LogP contribution in [0.4, 0.5) is 0 Å². The minimum absolute atomic E-state index is 0.0471. The Labute approximate surface area is 109 Å². The zero-order valence-electron chi connectivity index (χ0n) is 11.4. The van der Waals surface area contributed by atoms with Crippen molar-refractivity contribution in [2.45, 2.75) is 32.0 Å². The van der Waals surface area contributed by atoms with Crippen LogP contribution in [0.15, 0.2) is 0 Å². The summed E-state index contributed by atoms with van der Waals surface area (Å²) in [6.45, 7) is 1.81. The Bertz CT molecular complexity index is 394. The number of likely N-dealkylation sites (N-methyl/N-ethyl adjacent to an activating group) is 2. The van der Waals surface area contributed by atoms with E-state index in [1.54, 1.807) is 14.1 Å². The summed E-state index contributed by atoms with van der Waals surface area (Å²) in [5.74, 6) is -0.282. The molecule has 2 atom stereocenters. The zero-order chi connectivity index (χ0) is 13.9. The first-order chi connectivity index (χ1) is 8.22. The highest BCUT2D eigenvalue weighted by Crippen LogP contribution is 2.21. The number of amides is 1. The number of carbonyl (C=O) groups excluding carboxylic acids is 1. The van der Waals surface area contributed by atoms with E-state index in [-0.39, 0.29) is 30.4 Å². The molecule has 0 aliphatic carbocycles. The molecule has 7 heteroatoms. The first kappa shape index (κ1) is 15.4. The van der Waals surface area contributed by atoms with Gasteiger partial charge in [0, 0.05) is 21.1 Å². The first-order valence-corrected chi connectivity index (χ1v) is 7.63. The number of carbonyl (C=O) groups is 1. The lowest BCUT2D eigenvalue weighted by atomic mass is 10.2. The highest BCUT2D eigenvalue weighted by molar-refractivity contribution is 7.89. The molecule has 0 radical (unpaired) electrons. The highest BCUT2D eigenvalue weighted by atomic mass is 32.2. The Hall–Kier alpha value is -0.660. The molecule has 0 N–H and O–H groups in total. The summed E-state index contributed by atoms with van der Waals surface area (Å²) in [6, 6.07) is 0. The predicted molar refractivity (Wildman–Crippen MR) is 68.7 cm³/mol. The van der Waals surface area contributed by atoms with Crippen LogP contribution in [0.5, 0.6) is 0 Å². The van der Waals surface area contributed by atoms with Gasteiger partial charge in [0.2, 0.25) is 15.9 Å². The SMILES string of the molecule is CC1CCC(CS(=O)(=O)N(C)CC(=O)N(C)C)O1. The van der Waals surface area contributed by atoms with Gasteiger partial charge in [-0.1, -0.05) is 0 Å². The molecule has 2 unspecified atom stereocenters. The number of nitrogens with zero attached hydrogens (tertiary/aromatic N) is 2. The van der Waals surface area contributed by atoms with E-state index in [9.17, 15) is 13.2 Å². The van der Waals surface area contributed by atoms with Gasteiger partial charge in [0.15, 0.2) is 0 Å². The predicted octanol–water partition coefficient (Wildman–Crippen LogP) is -0.0963. The maximum atomic E-state index is 12.0. The van der Waals surface area contributed by atoms with Gasteiger partial charge in [-0.15, -0.1) is 0 Å². The topological polar surface area (TPSA) is 66.9 Å². The van der Waals surface area contributed by atoms with Crippen LogP contribution in [0.2, 0.25) is 0 Å². The number of sulfonamides is 1. The second kappa shape index (κ2) is 5.99. The van der Waals surface area contributed by atoms with Gasteiger partial charge in [0.1, 0.15) is 0 Å². The van der Waals surface area contributed by atoms with Gasteiger partial charge in [0.25, 0.3) is 0 Å². The lowest BCUT2D eigenvalue weighted by molar-refractivity contribution is -0.128. The molecular weight excluding hydrogens is 256 g/mol. The largest absolute Gasteiger partial charge is 0.374 e. The standard InChI is InChI=1S/C11H22N2O4S/c1-9-5-6-10(17-9)8-18(15,16)13(4)7-11(14)12(2)3/h9-10H,5-8H2,1-4H3. The van der Waals surface area contributed by atoms with E-state index in [4.69, 9.17) is 4.74 Å². The fourth-order valence-corrected chi connectivity index (χ4v) is 3.08. The molecule has 1 rings (SSSR count). The first-order valence-electron chi connectivity index (χ1n) is 6.02. The molecule has 1 aliphatic heterocycles. The van der Waals surface area contributed by atoms with Gasteiger partial charge >= 0.3 is 0 Å². The normalized spacial score (nSPS) is 24.5. The van der Waals surface area contributed by atoms with E-state index in [2.05, 4.69) is 0 Å². The summed E-state index contributed by atoms with van der Waals surface area (Å²) >= 11 is 0. The molecule has 18 heavy (non-hydrogen) atoms. The average molecular weight is 278 g/mol. The minimum atomic E-state index is -3.43. The third kappa shape index (κ3) is 4.22. The number of hydrogen-bond acceptors (Lipinski definition) is 4. The van der Waals surface area contributed by atoms with Crippen molar-refractivity contribution in [1.29, 1.82) is 0 Å². The average Bonchev–Trinajstić information content (AvgIpc) is 2.62. The van der Waals surface area contributed by atoms with E-state index < -0.39 is 10.0 Å². The highest BCUT2D eigenvalue weighted by Gasteiger charge is 2.30. The number of ether oxygens (including phenoxy) is 1. The van der Waals surface area contributed by atoms with E-state index >= 15 is 0 Å². The van der Waals surface area contributed by atoms with E-state index in [1.165, 1.54) is 11.9 Å². The Morgan fingerprint density at radius 1 is 1.28 bits per heavy atom. The van der Waals surface area contributed by atoms with Crippen molar-refractivity contribution >= 4 is 15.9 Å². The van der Waals surface area contributed by atoms with Crippen molar-refractivity contribution in [3.8, 4) is 0 Å². The van der Waals surface area contributed by atoms with Crippen molar-refractivity contribution in [2.24, 2.45) is 0 Å². The summed E-state index contributed by atoms with van der Waals surface area (Å²) < 4.78 is 30.7. The Morgan fingerprint density at radius 3 is 2.33 bits per heavy atom. The molecule has 0 saturated carbocycles. The van der Waals surface area contributed by atoms with Crippen molar-refractivity contribution in [2.75, 3.05) is 33.4 Å². The van der Waals surface area contributed by atoms with Gasteiger partial charge in [-0.3, -0.25) is 4.79 Å². The van der Waals surface area contributed by atoms with E-state index in [0.29, 0.717) is 0 Å². The van der Waals surface area contributed by atoms with Crippen LogP contribution < -0.4 is 0 Å². The number of rotatable bonds is 5. The molecular formula is C11H22N2O4S. The van der Waals surface area contributed by atoms with Crippen molar-refractivity contribution < 1.29 is 17.9 Å². The second-order valence-corrected chi connectivity index (χ2v) is 7.09. The van der Waals surface area contributed by atoms with Crippen molar-refractivity contribution in [3.05, 3.63) is 0 Å². The molecule has 1 aliphatic rings. The van der Waals surface area contributed by atoms with Crippen LogP contribution in [0.1, 0.15) is 19.8 Å². The number of hydrogen-bond donors (Lipinski definition) is 0. The molecule has 0 aromatic heterocycles. The van der Waals surface area contributed by atoms with Gasteiger partial charge in [-0.05, 0) is 19.8 Å². The minimum Gasteiger partial charge on any atom is -0.374 e. The second-order valence-electron chi connectivity index (χ2n) is 4.97. The van der Waals surface area contributed by atoms with Crippen LogP contribution in [0, 0.1) is 0 Å². The van der Waals surface area contributed by atoms with Crippen molar-refractivity contribution in [3.63, 3.8) is 0 Å². The molecule has 6 nitrogen and oxygen atoms in total. The van der Waals surface area contributed by atoms with Crippen LogP contribution >= 0.6 is 0 Å². The van der Waals surface area contributed by atoms with Crippen LogP contribution in [-0.4, -0.2) is 69.2 Å². The summed E-state index contributed by atoms with van der Waals surface area (Å²) in [5, 5.41) is 0. The third-order valence-electron chi connectivity index (χ3n) is 3.05. The summed E-state index contributed by atoms with van der Waals surface area (Å²) in [7, 11) is 1.19. The van der Waals surface area contributed by atoms with Crippen LogP contribution in [-0.2, 0) is 19.6 Å². The fourth-order valence-electron chi connectivity index (χ4n) is 1.80. The molecule has 1 amide bonds. The molecule has 1 saturated heterocycles. The molecule has 0 bridgehead atoms. The Balaban J connectivity index is 2.55. The molecule has 0 aromatic rings. The smallest absolute Gasteiger partial charge is 0.237 e. The fraction of sp³-hybridized carbons (Fsp3) is 0.909. The summed E-state index contributed by atoms with van der Waals surface area (Å²) in [5.41, 5.74) is 0. The van der Waals surface area contributed by atoms with Crippen molar-refractivity contribution in [1.82, 2.24) is 9.21 Å². The molecule has 106 valence electrons. The molecule has 0 spiro atoms. The molecule has 1 fully saturated rings. The zero-order valence-corrected chi connectivity index (χ0v) is 12.2. The maximum absolute atomic E-state index is 12.0. The van der Waals surface area contributed by atoms with Gasteiger partial charge in [0.05, 0.1) is 24.5 Å². The lowest BCUT2D eigenvalue weighted by Crippen LogP contribution is -2.40. The van der Waals surface area contributed by atoms with Gasteiger partial charge < -0.3 is 9.64 Å². The summed E-state index contributed by atoms with van der Waals surface area (Å²) in [6.07, 6.45) is 1.52. The van der Waals surface area contributed by atoms with Gasteiger partial charge in [-0.25, -0.2) is 8.42 Å². The van der Waals surface area contributed by atoms with E-state index in [0.717, 1.165) is 17.1 Å². The van der Waals surface area contributed by atoms with Gasteiger partial charge in [-0.2, -0.15) is 4.31 Å². The Morgan fingerprint density at radius 2 is 1.89 bits per heavy atom. The Kier molecular flexibility index (Phi) is 5.12. The van der Waals surface area contributed by atoms with Crippen LogP contribution in [0.3, 0.4) is 0 Å².